The highest BCUT2D eigenvalue weighted by molar-refractivity contribution is 6.06. The van der Waals surface area contributed by atoms with Gasteiger partial charge < -0.3 is 20.4 Å². The van der Waals surface area contributed by atoms with E-state index in [1.54, 1.807) is 24.3 Å². The topological polar surface area (TPSA) is 78.0 Å². The molecule has 0 bridgehead atoms. The summed E-state index contributed by atoms with van der Waals surface area (Å²) in [5, 5.41) is 4.04. The Bertz CT molecular complexity index is 1260. The maximum absolute atomic E-state index is 15.8. The van der Waals surface area contributed by atoms with E-state index in [0.717, 1.165) is 49.2 Å². The lowest BCUT2D eigenvalue weighted by atomic mass is 9.68. The van der Waals surface area contributed by atoms with E-state index in [4.69, 9.17) is 14.6 Å². The first-order valence-corrected chi connectivity index (χ1v) is 10.6. The molecule has 7 heteroatoms. The third-order valence-corrected chi connectivity index (χ3v) is 6.97. The van der Waals surface area contributed by atoms with Crippen LogP contribution in [0.3, 0.4) is 0 Å². The SMILES string of the molecule is [2H]C([2H])([2H])Oc1ccc(-c2c(C3=C(F)CC4(CCNCC4)CC3)n(C)c3ncnc(N)c23)cc1. The van der Waals surface area contributed by atoms with Crippen LogP contribution in [0.2, 0.25) is 0 Å². The van der Waals surface area contributed by atoms with Crippen molar-refractivity contribution in [2.24, 2.45) is 12.5 Å². The summed E-state index contributed by atoms with van der Waals surface area (Å²) in [7, 11) is -0.667. The second-order valence-electron chi connectivity index (χ2n) is 8.68. The number of piperidine rings is 1. The number of ether oxygens (including phenoxy) is 1. The Labute approximate surface area is 185 Å². The van der Waals surface area contributed by atoms with Gasteiger partial charge in [-0.3, -0.25) is 0 Å². The van der Waals surface area contributed by atoms with E-state index in [2.05, 4.69) is 15.3 Å². The van der Waals surface area contributed by atoms with Gasteiger partial charge in [-0.1, -0.05) is 12.1 Å². The summed E-state index contributed by atoms with van der Waals surface area (Å²) >= 11 is 0. The van der Waals surface area contributed by atoms with E-state index >= 15 is 4.39 Å². The van der Waals surface area contributed by atoms with Crippen molar-refractivity contribution in [2.45, 2.75) is 32.1 Å². The van der Waals surface area contributed by atoms with Gasteiger partial charge in [-0.2, -0.15) is 0 Å². The van der Waals surface area contributed by atoms with E-state index in [1.807, 2.05) is 11.6 Å². The maximum Gasteiger partial charge on any atom is 0.146 e. The smallest absolute Gasteiger partial charge is 0.146 e. The minimum atomic E-state index is -2.54. The predicted octanol–water partition coefficient (Wildman–Crippen LogP) is 4.46. The van der Waals surface area contributed by atoms with Gasteiger partial charge in [-0.05, 0) is 61.9 Å². The fourth-order valence-corrected chi connectivity index (χ4v) is 5.28. The summed E-state index contributed by atoms with van der Waals surface area (Å²) in [6, 6.07) is 6.72. The number of rotatable bonds is 3. The molecule has 31 heavy (non-hydrogen) atoms. The molecule has 1 spiro atoms. The third-order valence-electron chi connectivity index (χ3n) is 6.97. The number of halogens is 1. The summed E-state index contributed by atoms with van der Waals surface area (Å²) in [6.07, 6.45) is 5.39. The van der Waals surface area contributed by atoms with Crippen molar-refractivity contribution in [1.82, 2.24) is 19.9 Å². The molecule has 0 unspecified atom stereocenters. The minimum Gasteiger partial charge on any atom is -0.497 e. The van der Waals surface area contributed by atoms with Crippen molar-refractivity contribution in [3.05, 3.63) is 42.1 Å². The molecule has 0 amide bonds. The van der Waals surface area contributed by atoms with E-state index in [9.17, 15) is 0 Å². The summed E-state index contributed by atoms with van der Waals surface area (Å²) in [5.41, 5.74) is 9.88. The molecule has 1 fully saturated rings. The molecule has 0 atom stereocenters. The average molecular weight is 425 g/mol. The average Bonchev–Trinajstić information content (AvgIpc) is 3.08. The highest BCUT2D eigenvalue weighted by Gasteiger charge is 2.38. The number of aryl methyl sites for hydroxylation is 1. The number of aromatic nitrogens is 3. The zero-order valence-electron chi connectivity index (χ0n) is 20.5. The Morgan fingerprint density at radius 2 is 1.97 bits per heavy atom. The van der Waals surface area contributed by atoms with Crippen LogP contribution in [0.5, 0.6) is 5.75 Å². The molecule has 1 aliphatic carbocycles. The Morgan fingerprint density at radius 3 is 2.68 bits per heavy atom. The second-order valence-corrected chi connectivity index (χ2v) is 8.68. The number of anilines is 1. The Kier molecular flexibility index (Phi) is 4.12. The molecule has 1 aliphatic heterocycles. The molecule has 0 saturated carbocycles. The van der Waals surface area contributed by atoms with Gasteiger partial charge in [-0.25, -0.2) is 14.4 Å². The molecule has 1 saturated heterocycles. The fraction of sp³-hybridized carbons (Fsp3) is 0.417. The first kappa shape index (κ1) is 16.7. The summed E-state index contributed by atoms with van der Waals surface area (Å²) in [5.74, 6) is 0.469. The monoisotopic (exact) mass is 424 g/mol. The standard InChI is InChI=1S/C24H28FN5O/c1-30-21(17-7-8-24(13-18(17)25)9-11-27-12-10-24)19(15-3-5-16(31-2)6-4-15)20-22(26)28-14-29-23(20)30/h3-6,14,27H,7-13H2,1-2H3,(H2,26,28,29)/i2D3. The lowest BCUT2D eigenvalue weighted by Crippen LogP contribution is -2.38. The minimum absolute atomic E-state index is 0.0245. The first-order chi connectivity index (χ1) is 16.2. The number of hydrogen-bond acceptors (Lipinski definition) is 5. The molecule has 2 aromatic heterocycles. The molecule has 162 valence electrons. The largest absolute Gasteiger partial charge is 0.497 e. The maximum atomic E-state index is 15.8. The normalized spacial score (nSPS) is 20.5. The molecule has 3 N–H and O–H groups in total. The Hall–Kier alpha value is -2.93. The molecule has 1 aromatic carbocycles. The van der Waals surface area contributed by atoms with Crippen molar-refractivity contribution in [3.63, 3.8) is 0 Å². The number of methoxy groups -OCH3 is 1. The zero-order valence-corrected chi connectivity index (χ0v) is 17.5. The van der Waals surface area contributed by atoms with Crippen molar-refractivity contribution in [3.8, 4) is 16.9 Å². The van der Waals surface area contributed by atoms with Crippen LogP contribution in [0.15, 0.2) is 36.4 Å². The second kappa shape index (κ2) is 7.64. The highest BCUT2D eigenvalue weighted by Crippen LogP contribution is 2.51. The van der Waals surface area contributed by atoms with Gasteiger partial charge >= 0.3 is 0 Å². The molecule has 0 radical (unpaired) electrons. The van der Waals surface area contributed by atoms with Crippen LogP contribution in [0.25, 0.3) is 27.7 Å². The number of allylic oxidation sites excluding steroid dienone is 2. The number of hydrogen-bond donors (Lipinski definition) is 2. The van der Waals surface area contributed by atoms with Gasteiger partial charge in [0.25, 0.3) is 0 Å². The lowest BCUT2D eigenvalue weighted by molar-refractivity contribution is 0.166. The zero-order chi connectivity index (χ0) is 24.1. The van der Waals surface area contributed by atoms with Crippen LogP contribution in [-0.4, -0.2) is 34.7 Å². The van der Waals surface area contributed by atoms with Gasteiger partial charge in [0.15, 0.2) is 0 Å². The molecule has 3 aromatic rings. The number of nitrogens with one attached hydrogen (secondary N) is 1. The van der Waals surface area contributed by atoms with Crippen molar-refractivity contribution in [2.75, 3.05) is 25.9 Å². The van der Waals surface area contributed by atoms with Crippen LogP contribution in [0, 0.1) is 5.41 Å². The van der Waals surface area contributed by atoms with E-state index in [0.29, 0.717) is 35.3 Å². The molecular weight excluding hydrogens is 393 g/mol. The Balaban J connectivity index is 1.65. The van der Waals surface area contributed by atoms with E-state index < -0.39 is 7.04 Å². The number of nitrogens with two attached hydrogens (primary N) is 1. The number of nitrogens with zero attached hydrogens (tertiary/aromatic N) is 3. The molecular formula is C24H28FN5O. The fourth-order valence-electron chi connectivity index (χ4n) is 5.28. The van der Waals surface area contributed by atoms with Crippen LogP contribution in [0.4, 0.5) is 10.2 Å². The van der Waals surface area contributed by atoms with E-state index in [1.165, 1.54) is 6.33 Å². The van der Waals surface area contributed by atoms with Crippen molar-refractivity contribution >= 4 is 22.4 Å². The van der Waals surface area contributed by atoms with Crippen LogP contribution in [0.1, 0.15) is 41.9 Å². The number of fused-ring (bicyclic) bond motifs is 1. The van der Waals surface area contributed by atoms with Gasteiger partial charge in [-0.15, -0.1) is 0 Å². The summed E-state index contributed by atoms with van der Waals surface area (Å²) in [6.45, 7) is 1.86. The van der Waals surface area contributed by atoms with Crippen molar-refractivity contribution < 1.29 is 13.2 Å². The van der Waals surface area contributed by atoms with Gasteiger partial charge in [0.2, 0.25) is 0 Å². The van der Waals surface area contributed by atoms with Crippen LogP contribution < -0.4 is 15.8 Å². The van der Waals surface area contributed by atoms with Crippen LogP contribution >= 0.6 is 0 Å². The molecule has 3 heterocycles. The number of benzene rings is 1. The van der Waals surface area contributed by atoms with Crippen LogP contribution in [-0.2, 0) is 7.05 Å². The predicted molar refractivity (Wildman–Crippen MR) is 121 cm³/mol. The van der Waals surface area contributed by atoms with E-state index in [-0.39, 0.29) is 17.0 Å². The first-order valence-electron chi connectivity index (χ1n) is 12.1. The Morgan fingerprint density at radius 1 is 1.19 bits per heavy atom. The summed E-state index contributed by atoms with van der Waals surface area (Å²) < 4.78 is 44.7. The van der Waals surface area contributed by atoms with Gasteiger partial charge in [0.1, 0.15) is 29.4 Å². The summed E-state index contributed by atoms with van der Waals surface area (Å²) in [4.78, 5) is 8.62. The quantitative estimate of drug-likeness (QED) is 0.649. The third kappa shape index (κ3) is 3.28. The lowest BCUT2D eigenvalue weighted by Gasteiger charge is -2.40. The van der Waals surface area contributed by atoms with Crippen molar-refractivity contribution in [1.29, 1.82) is 0 Å². The molecule has 2 aliphatic rings. The number of nitrogen functional groups attached to an aromatic ring is 1. The molecule has 6 nitrogen and oxygen atoms in total. The van der Waals surface area contributed by atoms with Gasteiger partial charge in [0.05, 0.1) is 22.2 Å². The molecule has 5 rings (SSSR count). The highest BCUT2D eigenvalue weighted by atomic mass is 19.1. The van der Waals surface area contributed by atoms with Gasteiger partial charge in [0, 0.05) is 24.6 Å².